The molecule has 126 valence electrons. The SMILES string of the molecule is Cc1nc2c(OCc3c(F)cccc3F)cccn2c1-c1ccn[nH]1. The third-order valence-electron chi connectivity index (χ3n) is 3.98. The molecule has 3 aromatic heterocycles. The highest BCUT2D eigenvalue weighted by Crippen LogP contribution is 2.28. The van der Waals surface area contributed by atoms with Crippen LogP contribution in [0.15, 0.2) is 48.8 Å². The van der Waals surface area contributed by atoms with E-state index in [2.05, 4.69) is 15.2 Å². The predicted octanol–water partition coefficient (Wildman–Crippen LogP) is 3.89. The molecule has 0 bridgehead atoms. The fourth-order valence-electron chi connectivity index (χ4n) is 2.80. The van der Waals surface area contributed by atoms with Crippen molar-refractivity contribution in [2.75, 3.05) is 0 Å². The van der Waals surface area contributed by atoms with E-state index in [1.54, 1.807) is 18.3 Å². The first-order valence-electron chi connectivity index (χ1n) is 7.68. The average molecular weight is 340 g/mol. The molecule has 0 aliphatic carbocycles. The van der Waals surface area contributed by atoms with Gasteiger partial charge in [0.15, 0.2) is 11.4 Å². The van der Waals surface area contributed by atoms with Crippen LogP contribution >= 0.6 is 0 Å². The Bertz CT molecular complexity index is 1020. The molecule has 0 saturated carbocycles. The van der Waals surface area contributed by atoms with Gasteiger partial charge in [-0.3, -0.25) is 9.50 Å². The molecule has 1 aromatic carbocycles. The lowest BCUT2D eigenvalue weighted by molar-refractivity contribution is 0.294. The molecule has 5 nitrogen and oxygen atoms in total. The Labute approximate surface area is 141 Å². The standard InChI is InChI=1S/C18H14F2N4O/c1-11-17(15-7-8-21-23-15)24-9-3-6-16(18(24)22-11)25-10-12-13(19)4-2-5-14(12)20/h2-9H,10H2,1H3,(H,21,23). The number of aryl methyl sites for hydroxylation is 1. The number of hydrogen-bond donors (Lipinski definition) is 1. The van der Waals surface area contributed by atoms with Crippen LogP contribution in [0.5, 0.6) is 5.75 Å². The number of benzene rings is 1. The smallest absolute Gasteiger partial charge is 0.180 e. The monoisotopic (exact) mass is 340 g/mol. The van der Waals surface area contributed by atoms with Crippen molar-refractivity contribution in [3.63, 3.8) is 0 Å². The van der Waals surface area contributed by atoms with Gasteiger partial charge >= 0.3 is 0 Å². The van der Waals surface area contributed by atoms with Crippen molar-refractivity contribution in [1.82, 2.24) is 19.6 Å². The molecular weight excluding hydrogens is 326 g/mol. The molecule has 1 N–H and O–H groups in total. The zero-order chi connectivity index (χ0) is 17.4. The second-order valence-electron chi connectivity index (χ2n) is 5.57. The molecule has 0 fully saturated rings. The molecule has 0 saturated heterocycles. The fourth-order valence-corrected chi connectivity index (χ4v) is 2.80. The Morgan fingerprint density at radius 1 is 1.12 bits per heavy atom. The predicted molar refractivity (Wildman–Crippen MR) is 88.2 cm³/mol. The largest absolute Gasteiger partial charge is 0.485 e. The number of halogens is 2. The van der Waals surface area contributed by atoms with Gasteiger partial charge in [-0.15, -0.1) is 0 Å². The van der Waals surface area contributed by atoms with Crippen LogP contribution in [0.1, 0.15) is 11.3 Å². The van der Waals surface area contributed by atoms with Crippen LogP contribution in [0, 0.1) is 18.6 Å². The molecule has 7 heteroatoms. The summed E-state index contributed by atoms with van der Waals surface area (Å²) in [7, 11) is 0. The van der Waals surface area contributed by atoms with Gasteiger partial charge in [-0.1, -0.05) is 6.07 Å². The summed E-state index contributed by atoms with van der Waals surface area (Å²) >= 11 is 0. The fraction of sp³-hybridized carbons (Fsp3) is 0.111. The molecule has 0 aliphatic heterocycles. The Hall–Kier alpha value is -3.22. The topological polar surface area (TPSA) is 55.2 Å². The van der Waals surface area contributed by atoms with Gasteiger partial charge in [0.05, 0.1) is 22.6 Å². The number of aromatic amines is 1. The first-order valence-corrected chi connectivity index (χ1v) is 7.68. The number of pyridine rings is 1. The molecule has 0 atom stereocenters. The van der Waals surface area contributed by atoms with Crippen LogP contribution < -0.4 is 4.74 Å². The van der Waals surface area contributed by atoms with Gasteiger partial charge in [0.25, 0.3) is 0 Å². The molecule has 25 heavy (non-hydrogen) atoms. The Morgan fingerprint density at radius 2 is 1.92 bits per heavy atom. The van der Waals surface area contributed by atoms with E-state index in [-0.39, 0.29) is 12.2 Å². The highest BCUT2D eigenvalue weighted by Gasteiger charge is 2.16. The van der Waals surface area contributed by atoms with Gasteiger partial charge in [0.1, 0.15) is 18.2 Å². The number of nitrogens with zero attached hydrogens (tertiary/aromatic N) is 3. The summed E-state index contributed by atoms with van der Waals surface area (Å²) in [6.07, 6.45) is 3.51. The molecule has 4 aromatic rings. The van der Waals surface area contributed by atoms with Crippen molar-refractivity contribution in [2.24, 2.45) is 0 Å². The number of imidazole rings is 1. The van der Waals surface area contributed by atoms with E-state index in [4.69, 9.17) is 4.74 Å². The number of hydrogen-bond acceptors (Lipinski definition) is 3. The van der Waals surface area contributed by atoms with Gasteiger partial charge in [-0.05, 0) is 37.3 Å². The minimum Gasteiger partial charge on any atom is -0.485 e. The maximum absolute atomic E-state index is 13.8. The minimum absolute atomic E-state index is 0.110. The molecule has 3 heterocycles. The van der Waals surface area contributed by atoms with Crippen molar-refractivity contribution >= 4 is 5.65 Å². The Balaban J connectivity index is 1.73. The van der Waals surface area contributed by atoms with Crippen molar-refractivity contribution in [3.05, 3.63) is 71.7 Å². The van der Waals surface area contributed by atoms with E-state index < -0.39 is 11.6 Å². The second-order valence-corrected chi connectivity index (χ2v) is 5.57. The Kier molecular flexibility index (Phi) is 3.68. The van der Waals surface area contributed by atoms with Crippen molar-refractivity contribution in [2.45, 2.75) is 13.5 Å². The van der Waals surface area contributed by atoms with Crippen LogP contribution in [0.4, 0.5) is 8.78 Å². The lowest BCUT2D eigenvalue weighted by Gasteiger charge is -2.09. The zero-order valence-corrected chi connectivity index (χ0v) is 13.3. The van der Waals surface area contributed by atoms with Crippen LogP contribution in [0.2, 0.25) is 0 Å². The maximum atomic E-state index is 13.8. The molecule has 0 unspecified atom stereocenters. The molecule has 0 spiro atoms. The number of aromatic nitrogens is 4. The summed E-state index contributed by atoms with van der Waals surface area (Å²) < 4.78 is 35.1. The normalized spacial score (nSPS) is 11.2. The summed E-state index contributed by atoms with van der Waals surface area (Å²) in [5, 5.41) is 6.88. The van der Waals surface area contributed by atoms with E-state index in [1.807, 2.05) is 23.6 Å². The highest BCUT2D eigenvalue weighted by molar-refractivity contribution is 5.67. The number of rotatable bonds is 4. The zero-order valence-electron chi connectivity index (χ0n) is 13.3. The van der Waals surface area contributed by atoms with Crippen LogP contribution in [-0.2, 0) is 6.61 Å². The van der Waals surface area contributed by atoms with Gasteiger partial charge in [0.2, 0.25) is 0 Å². The summed E-state index contributed by atoms with van der Waals surface area (Å²) in [5.74, 6) is -0.826. The Morgan fingerprint density at radius 3 is 2.64 bits per heavy atom. The van der Waals surface area contributed by atoms with E-state index in [0.717, 1.165) is 17.1 Å². The highest BCUT2D eigenvalue weighted by atomic mass is 19.1. The van der Waals surface area contributed by atoms with Gasteiger partial charge in [0, 0.05) is 12.4 Å². The number of ether oxygens (including phenoxy) is 1. The summed E-state index contributed by atoms with van der Waals surface area (Å²) in [6.45, 7) is 1.66. The van der Waals surface area contributed by atoms with E-state index >= 15 is 0 Å². The van der Waals surface area contributed by atoms with Crippen LogP contribution in [-0.4, -0.2) is 19.6 Å². The van der Waals surface area contributed by atoms with Crippen molar-refractivity contribution in [1.29, 1.82) is 0 Å². The first-order chi connectivity index (χ1) is 12.1. The molecule has 0 amide bonds. The molecule has 0 aliphatic rings. The second kappa shape index (κ2) is 6.01. The van der Waals surface area contributed by atoms with E-state index in [9.17, 15) is 8.78 Å². The lowest BCUT2D eigenvalue weighted by atomic mass is 10.2. The minimum atomic E-state index is -0.635. The third kappa shape index (κ3) is 2.63. The van der Waals surface area contributed by atoms with Crippen molar-refractivity contribution < 1.29 is 13.5 Å². The number of H-pyrrole nitrogens is 1. The van der Waals surface area contributed by atoms with E-state index in [1.165, 1.54) is 18.2 Å². The van der Waals surface area contributed by atoms with Crippen LogP contribution in [0.25, 0.3) is 17.0 Å². The number of nitrogens with one attached hydrogen (secondary N) is 1. The summed E-state index contributed by atoms with van der Waals surface area (Å²) in [6, 6.07) is 9.09. The quantitative estimate of drug-likeness (QED) is 0.613. The van der Waals surface area contributed by atoms with Crippen molar-refractivity contribution in [3.8, 4) is 17.1 Å². The lowest BCUT2D eigenvalue weighted by Crippen LogP contribution is -2.03. The molecule has 4 rings (SSSR count). The van der Waals surface area contributed by atoms with E-state index in [0.29, 0.717) is 11.4 Å². The molecular formula is C18H14F2N4O. The summed E-state index contributed by atoms with van der Waals surface area (Å²) in [4.78, 5) is 4.53. The summed E-state index contributed by atoms with van der Waals surface area (Å²) in [5.41, 5.74) is 2.93. The van der Waals surface area contributed by atoms with Gasteiger partial charge in [-0.25, -0.2) is 13.8 Å². The first kappa shape index (κ1) is 15.3. The average Bonchev–Trinajstić information content (AvgIpc) is 3.21. The van der Waals surface area contributed by atoms with Crippen LogP contribution in [0.3, 0.4) is 0 Å². The van der Waals surface area contributed by atoms with Gasteiger partial charge in [-0.2, -0.15) is 5.10 Å². The molecule has 0 radical (unpaired) electrons. The number of fused-ring (bicyclic) bond motifs is 1. The third-order valence-corrected chi connectivity index (χ3v) is 3.98. The van der Waals surface area contributed by atoms with Gasteiger partial charge < -0.3 is 4.74 Å². The maximum Gasteiger partial charge on any atom is 0.180 e.